The van der Waals surface area contributed by atoms with Crippen LogP contribution in [0.5, 0.6) is 0 Å². The van der Waals surface area contributed by atoms with E-state index in [0.717, 1.165) is 47.9 Å². The second kappa shape index (κ2) is 5.77. The zero-order chi connectivity index (χ0) is 16.0. The van der Waals surface area contributed by atoms with Crippen LogP contribution in [0.2, 0.25) is 5.02 Å². The van der Waals surface area contributed by atoms with Crippen LogP contribution in [0.15, 0.2) is 29.1 Å². The summed E-state index contributed by atoms with van der Waals surface area (Å²) in [6, 6.07) is 8.99. The van der Waals surface area contributed by atoms with Gasteiger partial charge in [0.25, 0.3) is 5.56 Å². The van der Waals surface area contributed by atoms with Crippen LogP contribution in [-0.2, 0) is 19.4 Å². The summed E-state index contributed by atoms with van der Waals surface area (Å²) in [6.45, 7) is 2.77. The summed E-state index contributed by atoms with van der Waals surface area (Å²) in [5, 5.41) is 0.770. The Kier molecular flexibility index (Phi) is 3.74. The van der Waals surface area contributed by atoms with Crippen LogP contribution in [0.3, 0.4) is 0 Å². The van der Waals surface area contributed by atoms with Gasteiger partial charge in [0, 0.05) is 35.6 Å². The van der Waals surface area contributed by atoms with E-state index in [2.05, 4.69) is 27.0 Å². The highest BCUT2D eigenvalue weighted by atomic mass is 35.5. The van der Waals surface area contributed by atoms with Gasteiger partial charge in [-0.15, -0.1) is 0 Å². The Morgan fingerprint density at radius 3 is 2.65 bits per heavy atom. The first-order valence-corrected chi connectivity index (χ1v) is 8.57. The summed E-state index contributed by atoms with van der Waals surface area (Å²) in [6.07, 6.45) is 4.03. The van der Waals surface area contributed by atoms with Gasteiger partial charge in [-0.3, -0.25) is 9.69 Å². The van der Waals surface area contributed by atoms with Crippen molar-refractivity contribution in [1.82, 2.24) is 14.9 Å². The zero-order valence-electron chi connectivity index (χ0n) is 13.2. The molecule has 2 aliphatic heterocycles. The third-order valence-corrected chi connectivity index (χ3v) is 5.39. The fourth-order valence-corrected chi connectivity index (χ4v) is 4.14. The molecule has 0 amide bonds. The Morgan fingerprint density at radius 1 is 1.22 bits per heavy atom. The number of benzene rings is 1. The quantitative estimate of drug-likeness (QED) is 0.921. The molecule has 1 aromatic heterocycles. The Balaban J connectivity index is 1.64. The molecule has 0 spiro atoms. The SMILES string of the molecule is Cc1nc2c(c(=O)[nH]1)C[C@H]1CC[C@@H](C2)N1Cc1ccc(Cl)cc1. The maximum Gasteiger partial charge on any atom is 0.254 e. The molecule has 1 fully saturated rings. The van der Waals surface area contributed by atoms with Gasteiger partial charge in [-0.2, -0.15) is 0 Å². The van der Waals surface area contributed by atoms with Gasteiger partial charge in [0.05, 0.1) is 5.69 Å². The molecule has 5 heteroatoms. The highest BCUT2D eigenvalue weighted by molar-refractivity contribution is 6.30. The predicted molar refractivity (Wildman–Crippen MR) is 90.8 cm³/mol. The predicted octanol–water partition coefficient (Wildman–Crippen LogP) is 2.86. The Labute approximate surface area is 140 Å². The summed E-state index contributed by atoms with van der Waals surface area (Å²) in [5.41, 5.74) is 3.21. The standard InChI is InChI=1S/C18H20ClN3O/c1-11-20-17-9-15-7-6-14(8-16(17)18(23)21-11)22(15)10-12-2-4-13(19)5-3-12/h2-5,14-15H,6-10H2,1H3,(H,20,21,23)/t14-,15+/m1/s1. The van der Waals surface area contributed by atoms with Crippen molar-refractivity contribution in [2.75, 3.05) is 0 Å². The molecule has 2 aromatic rings. The van der Waals surface area contributed by atoms with Gasteiger partial charge >= 0.3 is 0 Å². The van der Waals surface area contributed by atoms with Crippen LogP contribution < -0.4 is 5.56 Å². The monoisotopic (exact) mass is 329 g/mol. The van der Waals surface area contributed by atoms with Crippen molar-refractivity contribution < 1.29 is 0 Å². The van der Waals surface area contributed by atoms with E-state index in [1.807, 2.05) is 19.1 Å². The summed E-state index contributed by atoms with van der Waals surface area (Å²) in [4.78, 5) is 22.3. The number of nitrogens with one attached hydrogen (secondary N) is 1. The highest BCUT2D eigenvalue weighted by Gasteiger charge is 2.38. The van der Waals surface area contributed by atoms with Gasteiger partial charge in [0.15, 0.2) is 0 Å². The smallest absolute Gasteiger partial charge is 0.254 e. The fraction of sp³-hybridized carbons (Fsp3) is 0.444. The lowest BCUT2D eigenvalue weighted by atomic mass is 9.98. The van der Waals surface area contributed by atoms with Crippen molar-refractivity contribution in [2.24, 2.45) is 0 Å². The van der Waals surface area contributed by atoms with E-state index in [9.17, 15) is 4.79 Å². The number of hydrogen-bond donors (Lipinski definition) is 1. The molecular weight excluding hydrogens is 310 g/mol. The molecule has 4 rings (SSSR count). The zero-order valence-corrected chi connectivity index (χ0v) is 13.9. The number of aromatic amines is 1. The highest BCUT2D eigenvalue weighted by Crippen LogP contribution is 2.33. The third-order valence-electron chi connectivity index (χ3n) is 5.14. The van der Waals surface area contributed by atoms with E-state index in [1.165, 1.54) is 12.0 Å². The van der Waals surface area contributed by atoms with Gasteiger partial charge < -0.3 is 4.98 Å². The van der Waals surface area contributed by atoms with Gasteiger partial charge in [-0.05, 0) is 43.9 Å². The average Bonchev–Trinajstić information content (AvgIpc) is 2.78. The van der Waals surface area contributed by atoms with Crippen LogP contribution in [0.1, 0.15) is 35.5 Å². The molecule has 0 unspecified atom stereocenters. The number of nitrogens with zero attached hydrogens (tertiary/aromatic N) is 2. The van der Waals surface area contributed by atoms with Crippen molar-refractivity contribution in [2.45, 2.75) is 51.2 Å². The fourth-order valence-electron chi connectivity index (χ4n) is 4.02. The van der Waals surface area contributed by atoms with E-state index in [4.69, 9.17) is 11.6 Å². The van der Waals surface area contributed by atoms with Gasteiger partial charge in [0.2, 0.25) is 0 Å². The van der Waals surface area contributed by atoms with Crippen LogP contribution in [-0.4, -0.2) is 27.0 Å². The lowest BCUT2D eigenvalue weighted by Crippen LogP contribution is -2.36. The number of halogens is 1. The number of aryl methyl sites for hydroxylation is 1. The number of fused-ring (bicyclic) bond motifs is 3. The molecule has 0 aliphatic carbocycles. The molecule has 1 saturated heterocycles. The van der Waals surface area contributed by atoms with Crippen LogP contribution in [0.25, 0.3) is 0 Å². The van der Waals surface area contributed by atoms with Crippen molar-refractivity contribution >= 4 is 11.6 Å². The van der Waals surface area contributed by atoms with Gasteiger partial charge in [0.1, 0.15) is 5.82 Å². The van der Waals surface area contributed by atoms with E-state index < -0.39 is 0 Å². The molecule has 4 nitrogen and oxygen atoms in total. The minimum absolute atomic E-state index is 0.0477. The molecule has 23 heavy (non-hydrogen) atoms. The first-order valence-electron chi connectivity index (χ1n) is 8.19. The first-order chi connectivity index (χ1) is 11.1. The third kappa shape index (κ3) is 2.81. The van der Waals surface area contributed by atoms with Crippen molar-refractivity contribution in [3.63, 3.8) is 0 Å². The molecule has 1 N–H and O–H groups in total. The number of H-pyrrole nitrogens is 1. The maximum atomic E-state index is 12.3. The molecule has 1 aromatic carbocycles. The van der Waals surface area contributed by atoms with Crippen molar-refractivity contribution in [3.8, 4) is 0 Å². The average molecular weight is 330 g/mol. The van der Waals surface area contributed by atoms with Crippen LogP contribution in [0, 0.1) is 6.92 Å². The van der Waals surface area contributed by atoms with Crippen LogP contribution >= 0.6 is 11.6 Å². The lowest BCUT2D eigenvalue weighted by Gasteiger charge is -2.27. The number of aromatic nitrogens is 2. The van der Waals surface area contributed by atoms with Crippen LogP contribution in [0.4, 0.5) is 0 Å². The second-order valence-corrected chi connectivity index (χ2v) is 7.11. The maximum absolute atomic E-state index is 12.3. The summed E-state index contributed by atoms with van der Waals surface area (Å²) in [5.74, 6) is 0.718. The summed E-state index contributed by atoms with van der Waals surface area (Å²) < 4.78 is 0. The molecule has 2 atom stereocenters. The van der Waals surface area contributed by atoms with E-state index >= 15 is 0 Å². The minimum Gasteiger partial charge on any atom is -0.311 e. The van der Waals surface area contributed by atoms with Gasteiger partial charge in [-0.1, -0.05) is 23.7 Å². The Bertz CT molecular complexity index is 784. The van der Waals surface area contributed by atoms with Crippen molar-refractivity contribution in [3.05, 3.63) is 62.3 Å². The van der Waals surface area contributed by atoms with E-state index in [0.29, 0.717) is 12.1 Å². The lowest BCUT2D eigenvalue weighted by molar-refractivity contribution is 0.187. The second-order valence-electron chi connectivity index (χ2n) is 6.67. The minimum atomic E-state index is 0.0477. The molecule has 3 heterocycles. The first kappa shape index (κ1) is 14.9. The normalized spacial score (nSPS) is 23.6. The van der Waals surface area contributed by atoms with Crippen molar-refractivity contribution in [1.29, 1.82) is 0 Å². The Morgan fingerprint density at radius 2 is 1.91 bits per heavy atom. The molecule has 0 saturated carbocycles. The molecule has 2 aliphatic rings. The molecule has 0 radical (unpaired) electrons. The number of rotatable bonds is 2. The Hall–Kier alpha value is -1.65. The topological polar surface area (TPSA) is 49.0 Å². The number of hydrogen-bond acceptors (Lipinski definition) is 3. The van der Waals surface area contributed by atoms with E-state index in [1.54, 1.807) is 0 Å². The molecule has 2 bridgehead atoms. The molecule has 120 valence electrons. The van der Waals surface area contributed by atoms with Gasteiger partial charge in [-0.25, -0.2) is 4.98 Å². The largest absolute Gasteiger partial charge is 0.311 e. The summed E-state index contributed by atoms with van der Waals surface area (Å²) in [7, 11) is 0. The van der Waals surface area contributed by atoms with E-state index in [-0.39, 0.29) is 5.56 Å². The molecular formula is C18H20ClN3O. The summed E-state index contributed by atoms with van der Waals surface area (Å²) >= 11 is 5.98.